The first kappa shape index (κ1) is 18.6. The Kier molecular flexibility index (Phi) is 5.84. The van der Waals surface area contributed by atoms with Crippen molar-refractivity contribution in [2.75, 3.05) is 21.3 Å². The average Bonchev–Trinajstić information content (AvgIpc) is 3.10. The van der Waals surface area contributed by atoms with E-state index in [0.717, 1.165) is 0 Å². The highest BCUT2D eigenvalue weighted by atomic mass is 16.5. The number of methoxy groups -OCH3 is 3. The number of carbonyl (C=O) groups excluding carboxylic acids is 1. The summed E-state index contributed by atoms with van der Waals surface area (Å²) in [5, 5.41) is 11.0. The molecule has 8 heteroatoms. The fourth-order valence-corrected chi connectivity index (χ4v) is 2.51. The molecule has 0 radical (unpaired) electrons. The molecule has 25 heavy (non-hydrogen) atoms. The van der Waals surface area contributed by atoms with Crippen LogP contribution in [0.1, 0.15) is 49.0 Å². The zero-order chi connectivity index (χ0) is 18.6. The van der Waals surface area contributed by atoms with Gasteiger partial charge in [0.1, 0.15) is 12.1 Å². The van der Waals surface area contributed by atoms with E-state index in [1.807, 2.05) is 25.3 Å². The van der Waals surface area contributed by atoms with Gasteiger partial charge in [0, 0.05) is 18.2 Å². The van der Waals surface area contributed by atoms with Crippen LogP contribution in [0.25, 0.3) is 0 Å². The van der Waals surface area contributed by atoms with Crippen LogP contribution < -0.4 is 19.5 Å². The van der Waals surface area contributed by atoms with E-state index in [4.69, 9.17) is 14.2 Å². The first-order valence-electron chi connectivity index (χ1n) is 7.93. The van der Waals surface area contributed by atoms with Crippen molar-refractivity contribution in [3.63, 3.8) is 0 Å². The van der Waals surface area contributed by atoms with Gasteiger partial charge < -0.3 is 24.1 Å². The van der Waals surface area contributed by atoms with Gasteiger partial charge in [-0.3, -0.25) is 4.79 Å². The third kappa shape index (κ3) is 3.84. The van der Waals surface area contributed by atoms with E-state index in [1.165, 1.54) is 21.3 Å². The molecule has 8 nitrogen and oxygen atoms in total. The molecule has 1 atom stereocenters. The second-order valence-electron chi connectivity index (χ2n) is 5.79. The molecule has 2 rings (SSSR count). The molecule has 0 bridgehead atoms. The molecule has 0 spiro atoms. The summed E-state index contributed by atoms with van der Waals surface area (Å²) in [5.74, 6) is 1.72. The number of nitrogens with zero attached hydrogens (tertiary/aromatic N) is 3. The molecule has 1 aromatic heterocycles. The van der Waals surface area contributed by atoms with E-state index in [1.54, 1.807) is 18.5 Å². The van der Waals surface area contributed by atoms with E-state index in [9.17, 15) is 4.79 Å². The maximum Gasteiger partial charge on any atom is 0.255 e. The minimum absolute atomic E-state index is 0.194. The van der Waals surface area contributed by atoms with Crippen molar-refractivity contribution in [3.8, 4) is 17.2 Å². The predicted molar refractivity (Wildman–Crippen MR) is 92.4 cm³/mol. The third-order valence-corrected chi connectivity index (χ3v) is 3.84. The Hall–Kier alpha value is -2.77. The second kappa shape index (κ2) is 7.87. The van der Waals surface area contributed by atoms with E-state index in [-0.39, 0.29) is 18.0 Å². The molecular formula is C17H24N4O4. The topological polar surface area (TPSA) is 87.5 Å². The summed E-state index contributed by atoms with van der Waals surface area (Å²) in [7, 11) is 4.54. The number of rotatable bonds is 7. The number of aromatic nitrogens is 3. The monoisotopic (exact) mass is 348 g/mol. The highest BCUT2D eigenvalue weighted by Gasteiger charge is 2.22. The van der Waals surface area contributed by atoms with Gasteiger partial charge in [-0.15, -0.1) is 10.2 Å². The fraction of sp³-hybridized carbons (Fsp3) is 0.471. The van der Waals surface area contributed by atoms with Gasteiger partial charge in [-0.2, -0.15) is 0 Å². The molecule has 0 saturated carbocycles. The van der Waals surface area contributed by atoms with Gasteiger partial charge in [0.25, 0.3) is 5.91 Å². The Labute approximate surface area is 147 Å². The standard InChI is InChI=1S/C17H24N4O4/c1-10(2)21-9-18-20-16(21)11(3)19-17(22)12-7-14(24-5)15(25-6)8-13(12)23-4/h7-11H,1-6H3,(H,19,22). The van der Waals surface area contributed by atoms with E-state index >= 15 is 0 Å². The van der Waals surface area contributed by atoms with Crippen LogP contribution in [-0.4, -0.2) is 42.0 Å². The minimum Gasteiger partial charge on any atom is -0.496 e. The number of amides is 1. The summed E-state index contributed by atoms with van der Waals surface area (Å²) in [6.45, 7) is 5.91. The largest absolute Gasteiger partial charge is 0.496 e. The number of carbonyl (C=O) groups is 1. The zero-order valence-corrected chi connectivity index (χ0v) is 15.4. The van der Waals surface area contributed by atoms with Crippen LogP contribution in [0.5, 0.6) is 17.2 Å². The van der Waals surface area contributed by atoms with Gasteiger partial charge in [-0.25, -0.2) is 0 Å². The predicted octanol–water partition coefficient (Wildman–Crippen LogP) is 2.38. The van der Waals surface area contributed by atoms with Gasteiger partial charge >= 0.3 is 0 Å². The van der Waals surface area contributed by atoms with E-state index < -0.39 is 0 Å². The smallest absolute Gasteiger partial charge is 0.255 e. The van der Waals surface area contributed by atoms with E-state index in [0.29, 0.717) is 28.6 Å². The number of nitrogens with one attached hydrogen (secondary N) is 1. The lowest BCUT2D eigenvalue weighted by molar-refractivity contribution is 0.0933. The Balaban J connectivity index is 2.29. The molecule has 0 aliphatic rings. The fourth-order valence-electron chi connectivity index (χ4n) is 2.51. The molecule has 1 N–H and O–H groups in total. The number of benzene rings is 1. The minimum atomic E-state index is -0.324. The summed E-state index contributed by atoms with van der Waals surface area (Å²) >= 11 is 0. The van der Waals surface area contributed by atoms with Crippen molar-refractivity contribution in [1.29, 1.82) is 0 Å². The molecular weight excluding hydrogens is 324 g/mol. The normalized spacial score (nSPS) is 12.0. The molecule has 1 unspecified atom stereocenters. The Morgan fingerprint density at radius 3 is 2.20 bits per heavy atom. The molecule has 0 aliphatic heterocycles. The maximum atomic E-state index is 12.7. The number of hydrogen-bond donors (Lipinski definition) is 1. The highest BCUT2D eigenvalue weighted by Crippen LogP contribution is 2.34. The summed E-state index contributed by atoms with van der Waals surface area (Å²) in [6.07, 6.45) is 1.65. The molecule has 0 aliphatic carbocycles. The molecule has 1 aromatic carbocycles. The Morgan fingerprint density at radius 2 is 1.64 bits per heavy atom. The van der Waals surface area contributed by atoms with Crippen molar-refractivity contribution >= 4 is 5.91 Å². The summed E-state index contributed by atoms with van der Waals surface area (Å²) in [6, 6.07) is 3.08. The van der Waals surface area contributed by atoms with Gasteiger partial charge in [0.05, 0.1) is 32.9 Å². The van der Waals surface area contributed by atoms with E-state index in [2.05, 4.69) is 15.5 Å². The van der Waals surface area contributed by atoms with Crippen LogP contribution in [0, 0.1) is 0 Å². The van der Waals surface area contributed by atoms with Crippen LogP contribution in [0.4, 0.5) is 0 Å². The van der Waals surface area contributed by atoms with Crippen molar-refractivity contribution < 1.29 is 19.0 Å². The quantitative estimate of drug-likeness (QED) is 0.826. The zero-order valence-electron chi connectivity index (χ0n) is 15.4. The average molecular weight is 348 g/mol. The summed E-state index contributed by atoms with van der Waals surface area (Å²) < 4.78 is 17.7. The van der Waals surface area contributed by atoms with Crippen LogP contribution >= 0.6 is 0 Å². The van der Waals surface area contributed by atoms with Crippen molar-refractivity contribution in [2.45, 2.75) is 32.9 Å². The molecule has 2 aromatic rings. The molecule has 136 valence electrons. The van der Waals surface area contributed by atoms with Gasteiger partial charge in [0.2, 0.25) is 0 Å². The highest BCUT2D eigenvalue weighted by molar-refractivity contribution is 5.98. The molecule has 0 fully saturated rings. The first-order valence-corrected chi connectivity index (χ1v) is 7.93. The lowest BCUT2D eigenvalue weighted by Gasteiger charge is -2.18. The van der Waals surface area contributed by atoms with Crippen LogP contribution in [0.3, 0.4) is 0 Å². The van der Waals surface area contributed by atoms with Gasteiger partial charge in [-0.1, -0.05) is 0 Å². The SMILES string of the molecule is COc1cc(OC)c(C(=O)NC(C)c2nncn2C(C)C)cc1OC. The molecule has 1 heterocycles. The lowest BCUT2D eigenvalue weighted by atomic mass is 10.1. The first-order chi connectivity index (χ1) is 11.9. The van der Waals surface area contributed by atoms with Crippen molar-refractivity contribution in [1.82, 2.24) is 20.1 Å². The third-order valence-electron chi connectivity index (χ3n) is 3.84. The van der Waals surface area contributed by atoms with Gasteiger partial charge in [-0.05, 0) is 20.8 Å². The molecule has 0 saturated heterocycles. The van der Waals surface area contributed by atoms with Crippen LogP contribution in [0.15, 0.2) is 18.5 Å². The maximum absolute atomic E-state index is 12.7. The second-order valence-corrected chi connectivity index (χ2v) is 5.79. The van der Waals surface area contributed by atoms with Gasteiger partial charge in [0.15, 0.2) is 17.3 Å². The summed E-state index contributed by atoms with van der Waals surface area (Å²) in [4.78, 5) is 12.7. The van der Waals surface area contributed by atoms with Crippen LogP contribution in [-0.2, 0) is 0 Å². The Bertz CT molecular complexity index is 742. The number of hydrogen-bond acceptors (Lipinski definition) is 6. The number of ether oxygens (including phenoxy) is 3. The van der Waals surface area contributed by atoms with Crippen molar-refractivity contribution in [2.24, 2.45) is 0 Å². The lowest BCUT2D eigenvalue weighted by Crippen LogP contribution is -2.29. The summed E-state index contributed by atoms with van der Waals surface area (Å²) in [5.41, 5.74) is 0.350. The van der Waals surface area contributed by atoms with Crippen molar-refractivity contribution in [3.05, 3.63) is 29.8 Å². The molecule has 1 amide bonds. The Morgan fingerprint density at radius 1 is 1.04 bits per heavy atom. The van der Waals surface area contributed by atoms with Crippen LogP contribution in [0.2, 0.25) is 0 Å².